The van der Waals surface area contributed by atoms with Gasteiger partial charge in [0.25, 0.3) is 0 Å². The Balaban J connectivity index is 1.67. The Bertz CT molecular complexity index is 980. The first-order chi connectivity index (χ1) is 13.3. The molecule has 0 bridgehead atoms. The number of para-hydroxylation sites is 1. The molecule has 0 atom stereocenters. The van der Waals surface area contributed by atoms with Crippen LogP contribution >= 0.6 is 15.9 Å². The summed E-state index contributed by atoms with van der Waals surface area (Å²) >= 11 is 3.57. The number of aryl methyl sites for hydroxylation is 1. The number of pyridine rings is 1. The first-order valence-corrected chi connectivity index (χ1v) is 10.2. The molecule has 3 rings (SSSR count). The Kier molecular flexibility index (Phi) is 6.35. The molecule has 1 aromatic heterocycles. The molecule has 0 unspecified atom stereocenters. The third-order valence-corrected chi connectivity index (χ3v) is 4.93. The highest BCUT2D eigenvalue weighted by Crippen LogP contribution is 2.25. The van der Waals surface area contributed by atoms with E-state index in [-0.39, 0.29) is 5.97 Å². The van der Waals surface area contributed by atoms with Crippen molar-refractivity contribution in [3.8, 4) is 0 Å². The summed E-state index contributed by atoms with van der Waals surface area (Å²) in [5.41, 5.74) is 2.88. The molecule has 0 aliphatic carbocycles. The van der Waals surface area contributed by atoms with Crippen molar-refractivity contribution < 1.29 is 9.53 Å². The molecule has 0 fully saturated rings. The van der Waals surface area contributed by atoms with Gasteiger partial charge in [0, 0.05) is 40.9 Å². The molecule has 5 heteroatoms. The molecule has 2 aromatic carbocycles. The minimum absolute atomic E-state index is 0.171. The molecule has 0 amide bonds. The summed E-state index contributed by atoms with van der Waals surface area (Å²) in [5.74, 6) is -0.171. The average Bonchev–Trinajstić information content (AvgIpc) is 2.64. The number of esters is 1. The van der Waals surface area contributed by atoms with Crippen molar-refractivity contribution in [3.05, 3.63) is 70.5 Å². The van der Waals surface area contributed by atoms with Crippen LogP contribution in [0.1, 0.15) is 38.3 Å². The molecule has 3 aromatic rings. The van der Waals surface area contributed by atoms with Gasteiger partial charge in [0.1, 0.15) is 5.60 Å². The number of aromatic nitrogens is 1. The van der Waals surface area contributed by atoms with E-state index in [1.54, 1.807) is 0 Å². The van der Waals surface area contributed by atoms with E-state index in [9.17, 15) is 4.79 Å². The quantitative estimate of drug-likeness (QED) is 0.485. The highest BCUT2D eigenvalue weighted by Gasteiger charge is 2.16. The van der Waals surface area contributed by atoms with Crippen LogP contribution in [-0.4, -0.2) is 16.6 Å². The van der Waals surface area contributed by atoms with E-state index in [1.807, 2.05) is 51.4 Å². The smallest absolute Gasteiger partial charge is 0.306 e. The summed E-state index contributed by atoms with van der Waals surface area (Å²) in [5, 5.41) is 5.76. The molecular weight excluding hydrogens is 416 g/mol. The maximum absolute atomic E-state index is 12.0. The molecule has 0 saturated heterocycles. The van der Waals surface area contributed by atoms with Gasteiger partial charge in [0.2, 0.25) is 0 Å². The maximum atomic E-state index is 12.0. The Morgan fingerprint density at radius 3 is 2.71 bits per heavy atom. The maximum Gasteiger partial charge on any atom is 0.306 e. The van der Waals surface area contributed by atoms with Crippen LogP contribution in [0.4, 0.5) is 5.69 Å². The Labute approximate surface area is 174 Å². The van der Waals surface area contributed by atoms with E-state index < -0.39 is 5.60 Å². The Morgan fingerprint density at radius 1 is 1.14 bits per heavy atom. The fourth-order valence-corrected chi connectivity index (χ4v) is 3.48. The number of hydrogen-bond donors (Lipinski definition) is 1. The Hall–Kier alpha value is -2.40. The van der Waals surface area contributed by atoms with Gasteiger partial charge in [-0.2, -0.15) is 0 Å². The highest BCUT2D eigenvalue weighted by atomic mass is 79.9. The van der Waals surface area contributed by atoms with Gasteiger partial charge >= 0.3 is 5.97 Å². The van der Waals surface area contributed by atoms with E-state index in [2.05, 4.69) is 50.5 Å². The fourth-order valence-electron chi connectivity index (χ4n) is 3.02. The molecule has 146 valence electrons. The van der Waals surface area contributed by atoms with Crippen LogP contribution in [0.3, 0.4) is 0 Å². The first kappa shape index (κ1) is 20.3. The summed E-state index contributed by atoms with van der Waals surface area (Å²) in [6.45, 7) is 6.36. The molecular formula is C23H25BrN2O2. The minimum atomic E-state index is -0.450. The van der Waals surface area contributed by atoms with Crippen LogP contribution in [0.2, 0.25) is 0 Å². The summed E-state index contributed by atoms with van der Waals surface area (Å²) < 4.78 is 6.40. The number of hydrogen-bond acceptors (Lipinski definition) is 4. The summed E-state index contributed by atoms with van der Waals surface area (Å²) in [6, 6.07) is 14.4. The highest BCUT2D eigenvalue weighted by molar-refractivity contribution is 9.10. The third kappa shape index (κ3) is 5.55. The number of nitrogens with one attached hydrogen (secondary N) is 1. The molecule has 0 aliphatic rings. The zero-order valence-electron chi connectivity index (χ0n) is 16.5. The van der Waals surface area contributed by atoms with Gasteiger partial charge in [0.15, 0.2) is 0 Å². The molecule has 4 nitrogen and oxygen atoms in total. The predicted molar refractivity (Wildman–Crippen MR) is 117 cm³/mol. The number of carbonyl (C=O) groups is 1. The van der Waals surface area contributed by atoms with E-state index in [0.29, 0.717) is 19.4 Å². The standard InChI is InChI=1S/C23H25BrN2O2/c1-23(2,3)28-22(27)11-10-17-6-4-5-7-21(17)26-13-16-8-9-18-14-25-15-20(24)19(18)12-16/h4-9,12,14-15,26H,10-11,13H2,1-3H3. The van der Waals surface area contributed by atoms with Crippen molar-refractivity contribution in [2.75, 3.05) is 5.32 Å². The van der Waals surface area contributed by atoms with Crippen LogP contribution in [0.5, 0.6) is 0 Å². The van der Waals surface area contributed by atoms with Gasteiger partial charge < -0.3 is 10.1 Å². The lowest BCUT2D eigenvalue weighted by atomic mass is 10.1. The third-order valence-electron chi connectivity index (χ3n) is 4.30. The monoisotopic (exact) mass is 440 g/mol. The van der Waals surface area contributed by atoms with E-state index >= 15 is 0 Å². The van der Waals surface area contributed by atoms with E-state index in [1.165, 1.54) is 5.56 Å². The van der Waals surface area contributed by atoms with Gasteiger partial charge in [-0.1, -0.05) is 30.3 Å². The molecule has 1 heterocycles. The van der Waals surface area contributed by atoms with Gasteiger partial charge in [-0.3, -0.25) is 9.78 Å². The van der Waals surface area contributed by atoms with Gasteiger partial charge in [-0.05, 0) is 71.8 Å². The lowest BCUT2D eigenvalue weighted by Crippen LogP contribution is -2.24. The van der Waals surface area contributed by atoms with Crippen molar-refractivity contribution in [2.45, 2.75) is 45.8 Å². The number of anilines is 1. The van der Waals surface area contributed by atoms with Crippen LogP contribution < -0.4 is 5.32 Å². The molecule has 0 saturated carbocycles. The van der Waals surface area contributed by atoms with Crippen molar-refractivity contribution in [2.24, 2.45) is 0 Å². The number of carbonyl (C=O) groups excluding carboxylic acids is 1. The molecule has 0 aliphatic heterocycles. The van der Waals surface area contributed by atoms with Crippen LogP contribution in [0.15, 0.2) is 59.3 Å². The number of nitrogens with zero attached hydrogens (tertiary/aromatic N) is 1. The zero-order valence-corrected chi connectivity index (χ0v) is 18.0. The fraction of sp³-hybridized carbons (Fsp3) is 0.304. The molecule has 0 radical (unpaired) electrons. The topological polar surface area (TPSA) is 51.2 Å². The van der Waals surface area contributed by atoms with Crippen molar-refractivity contribution >= 4 is 38.4 Å². The lowest BCUT2D eigenvalue weighted by Gasteiger charge is -2.19. The molecule has 0 spiro atoms. The average molecular weight is 441 g/mol. The second-order valence-electron chi connectivity index (χ2n) is 7.77. The second kappa shape index (κ2) is 8.74. The number of ether oxygens (including phenoxy) is 1. The Morgan fingerprint density at radius 2 is 1.93 bits per heavy atom. The number of fused-ring (bicyclic) bond motifs is 1. The minimum Gasteiger partial charge on any atom is -0.460 e. The summed E-state index contributed by atoms with van der Waals surface area (Å²) in [6.07, 6.45) is 4.69. The van der Waals surface area contributed by atoms with E-state index in [0.717, 1.165) is 26.5 Å². The van der Waals surface area contributed by atoms with E-state index in [4.69, 9.17) is 4.74 Å². The van der Waals surface area contributed by atoms with Crippen molar-refractivity contribution in [1.29, 1.82) is 0 Å². The SMILES string of the molecule is CC(C)(C)OC(=O)CCc1ccccc1NCc1ccc2cncc(Br)c2c1. The summed E-state index contributed by atoms with van der Waals surface area (Å²) in [7, 11) is 0. The van der Waals surface area contributed by atoms with Crippen LogP contribution in [0, 0.1) is 0 Å². The second-order valence-corrected chi connectivity index (χ2v) is 8.63. The van der Waals surface area contributed by atoms with Gasteiger partial charge in [-0.15, -0.1) is 0 Å². The number of rotatable bonds is 6. The van der Waals surface area contributed by atoms with Gasteiger partial charge in [0.05, 0.1) is 0 Å². The zero-order chi connectivity index (χ0) is 20.1. The molecule has 28 heavy (non-hydrogen) atoms. The van der Waals surface area contributed by atoms with Gasteiger partial charge in [-0.25, -0.2) is 0 Å². The number of halogens is 1. The normalized spacial score (nSPS) is 11.4. The molecule has 1 N–H and O–H groups in total. The van der Waals surface area contributed by atoms with Crippen molar-refractivity contribution in [1.82, 2.24) is 4.98 Å². The largest absolute Gasteiger partial charge is 0.460 e. The summed E-state index contributed by atoms with van der Waals surface area (Å²) in [4.78, 5) is 16.2. The van der Waals surface area contributed by atoms with Crippen LogP contribution in [0.25, 0.3) is 10.8 Å². The van der Waals surface area contributed by atoms with Crippen molar-refractivity contribution in [3.63, 3.8) is 0 Å². The first-order valence-electron chi connectivity index (χ1n) is 9.37. The number of benzene rings is 2. The van der Waals surface area contributed by atoms with Crippen LogP contribution in [-0.2, 0) is 22.5 Å². The lowest BCUT2D eigenvalue weighted by molar-refractivity contribution is -0.154. The predicted octanol–water partition coefficient (Wildman–Crippen LogP) is 5.88.